The number of hydrogen-bond acceptors (Lipinski definition) is 3. The van der Waals surface area contributed by atoms with Crippen LogP contribution in [0.2, 0.25) is 0 Å². The molecule has 0 atom stereocenters. The van der Waals surface area contributed by atoms with Gasteiger partial charge in [0.05, 0.1) is 5.56 Å². The molecule has 0 amide bonds. The lowest BCUT2D eigenvalue weighted by atomic mass is 10.0. The van der Waals surface area contributed by atoms with Crippen LogP contribution >= 0.6 is 0 Å². The zero-order chi connectivity index (χ0) is 15.0. The fourth-order valence-electron chi connectivity index (χ4n) is 2.16. The zero-order valence-electron chi connectivity index (χ0n) is 10.7. The Balaban J connectivity index is 2.30. The lowest BCUT2D eigenvalue weighted by molar-refractivity contribution is 0.0697. The van der Waals surface area contributed by atoms with Crippen LogP contribution in [-0.4, -0.2) is 11.1 Å². The van der Waals surface area contributed by atoms with Crippen LogP contribution < -0.4 is 5.63 Å². The minimum atomic E-state index is -1.10. The molecule has 0 fully saturated rings. The van der Waals surface area contributed by atoms with Crippen LogP contribution in [0.4, 0.5) is 4.39 Å². The molecule has 5 heteroatoms. The summed E-state index contributed by atoms with van der Waals surface area (Å²) in [5, 5.41) is 9.56. The van der Waals surface area contributed by atoms with E-state index >= 15 is 0 Å². The molecule has 0 saturated heterocycles. The number of halogens is 1. The molecule has 0 aliphatic carbocycles. The Labute approximate surface area is 118 Å². The van der Waals surface area contributed by atoms with E-state index in [1.807, 2.05) is 0 Å². The van der Waals surface area contributed by atoms with Gasteiger partial charge in [0.15, 0.2) is 0 Å². The van der Waals surface area contributed by atoms with Gasteiger partial charge < -0.3 is 9.52 Å². The van der Waals surface area contributed by atoms with Gasteiger partial charge in [-0.15, -0.1) is 0 Å². The van der Waals surface area contributed by atoms with Gasteiger partial charge in [0, 0.05) is 11.5 Å². The molecule has 3 aromatic rings. The summed E-state index contributed by atoms with van der Waals surface area (Å²) in [5.41, 5.74) is 0.837. The first-order valence-electron chi connectivity index (χ1n) is 6.12. The summed E-state index contributed by atoms with van der Waals surface area (Å²) in [7, 11) is 0. The molecule has 0 saturated carbocycles. The molecule has 3 rings (SSSR count). The number of carbonyl (C=O) groups is 1. The highest BCUT2D eigenvalue weighted by Gasteiger charge is 2.11. The molecule has 0 spiro atoms. The third kappa shape index (κ3) is 2.41. The van der Waals surface area contributed by atoms with E-state index < -0.39 is 11.6 Å². The van der Waals surface area contributed by atoms with Crippen LogP contribution in [0.5, 0.6) is 0 Å². The molecule has 4 nitrogen and oxygen atoms in total. The Morgan fingerprint density at radius 2 is 1.76 bits per heavy atom. The van der Waals surface area contributed by atoms with Crippen LogP contribution in [-0.2, 0) is 0 Å². The Hall–Kier alpha value is -2.95. The molecule has 0 bridgehead atoms. The van der Waals surface area contributed by atoms with Crippen LogP contribution in [0.15, 0.2) is 57.7 Å². The molecule has 0 aliphatic heterocycles. The Kier molecular flexibility index (Phi) is 3.02. The van der Waals surface area contributed by atoms with Crippen molar-refractivity contribution in [3.8, 4) is 11.1 Å². The Morgan fingerprint density at radius 1 is 1.05 bits per heavy atom. The molecule has 104 valence electrons. The number of rotatable bonds is 2. The predicted octanol–water partition coefficient (Wildman–Crippen LogP) is 3.30. The number of carboxylic acids is 1. The maximum Gasteiger partial charge on any atom is 0.336 e. The van der Waals surface area contributed by atoms with E-state index in [2.05, 4.69) is 0 Å². The van der Waals surface area contributed by atoms with E-state index in [1.165, 1.54) is 30.3 Å². The van der Waals surface area contributed by atoms with Gasteiger partial charge in [0.2, 0.25) is 0 Å². The highest BCUT2D eigenvalue weighted by molar-refractivity contribution is 5.98. The standard InChI is InChI=1S/C16H9FO4/c17-11-4-1-9(2-5-11)13-8-15(18)21-14-7-10(16(19)20)3-6-12(13)14/h1-8H,(H,19,20). The zero-order valence-corrected chi connectivity index (χ0v) is 10.7. The van der Waals surface area contributed by atoms with Crippen LogP contribution in [0, 0.1) is 5.82 Å². The fourth-order valence-corrected chi connectivity index (χ4v) is 2.16. The van der Waals surface area contributed by atoms with Crippen LogP contribution in [0.25, 0.3) is 22.1 Å². The smallest absolute Gasteiger partial charge is 0.336 e. The van der Waals surface area contributed by atoms with E-state index in [-0.39, 0.29) is 17.0 Å². The summed E-state index contributed by atoms with van der Waals surface area (Å²) in [4.78, 5) is 22.6. The van der Waals surface area contributed by atoms with Gasteiger partial charge in [0.1, 0.15) is 11.4 Å². The molecule has 0 radical (unpaired) electrons. The number of fused-ring (bicyclic) bond motifs is 1. The minimum Gasteiger partial charge on any atom is -0.478 e. The third-order valence-corrected chi connectivity index (χ3v) is 3.15. The molecule has 1 aromatic heterocycles. The molecule has 0 aliphatic rings. The average molecular weight is 284 g/mol. The van der Waals surface area contributed by atoms with Crippen molar-refractivity contribution in [1.82, 2.24) is 0 Å². The first kappa shape index (κ1) is 13.1. The van der Waals surface area contributed by atoms with E-state index in [9.17, 15) is 14.0 Å². The molecular formula is C16H9FO4. The lowest BCUT2D eigenvalue weighted by Gasteiger charge is -2.06. The first-order chi connectivity index (χ1) is 10.0. The number of benzene rings is 2. The molecule has 2 aromatic carbocycles. The Bertz CT molecular complexity index is 894. The van der Waals surface area contributed by atoms with Crippen molar-refractivity contribution >= 4 is 16.9 Å². The number of hydrogen-bond donors (Lipinski definition) is 1. The van der Waals surface area contributed by atoms with Crippen LogP contribution in [0.1, 0.15) is 10.4 Å². The monoisotopic (exact) mass is 284 g/mol. The topological polar surface area (TPSA) is 67.5 Å². The van der Waals surface area contributed by atoms with Gasteiger partial charge >= 0.3 is 11.6 Å². The van der Waals surface area contributed by atoms with Gasteiger partial charge in [0.25, 0.3) is 0 Å². The highest BCUT2D eigenvalue weighted by Crippen LogP contribution is 2.28. The van der Waals surface area contributed by atoms with E-state index in [0.29, 0.717) is 16.5 Å². The quantitative estimate of drug-likeness (QED) is 0.733. The third-order valence-electron chi connectivity index (χ3n) is 3.15. The van der Waals surface area contributed by atoms with E-state index in [0.717, 1.165) is 0 Å². The molecule has 1 N–H and O–H groups in total. The lowest BCUT2D eigenvalue weighted by Crippen LogP contribution is -2.00. The number of carboxylic acid groups (broad SMARTS) is 1. The molecular weight excluding hydrogens is 275 g/mol. The second-order valence-corrected chi connectivity index (χ2v) is 4.50. The second kappa shape index (κ2) is 4.86. The summed E-state index contributed by atoms with van der Waals surface area (Å²) in [6.45, 7) is 0. The second-order valence-electron chi connectivity index (χ2n) is 4.50. The maximum atomic E-state index is 13.0. The minimum absolute atomic E-state index is 0.0295. The van der Waals surface area contributed by atoms with Gasteiger partial charge in [-0.3, -0.25) is 0 Å². The summed E-state index contributed by atoms with van der Waals surface area (Å²) in [5.74, 6) is -1.48. The van der Waals surface area contributed by atoms with E-state index in [4.69, 9.17) is 9.52 Å². The van der Waals surface area contributed by atoms with Crippen molar-refractivity contribution in [3.05, 3.63) is 70.3 Å². The predicted molar refractivity (Wildman–Crippen MR) is 74.8 cm³/mol. The Morgan fingerprint density at radius 3 is 2.43 bits per heavy atom. The average Bonchev–Trinajstić information content (AvgIpc) is 2.46. The van der Waals surface area contributed by atoms with Crippen molar-refractivity contribution in [3.63, 3.8) is 0 Å². The normalized spacial score (nSPS) is 10.7. The van der Waals surface area contributed by atoms with Crippen molar-refractivity contribution in [2.45, 2.75) is 0 Å². The van der Waals surface area contributed by atoms with Crippen molar-refractivity contribution in [2.75, 3.05) is 0 Å². The molecule has 1 heterocycles. The summed E-state index contributed by atoms with van der Waals surface area (Å²) < 4.78 is 18.0. The van der Waals surface area contributed by atoms with Crippen molar-refractivity contribution in [1.29, 1.82) is 0 Å². The fraction of sp³-hybridized carbons (Fsp3) is 0. The van der Waals surface area contributed by atoms with Crippen LogP contribution in [0.3, 0.4) is 0 Å². The van der Waals surface area contributed by atoms with E-state index in [1.54, 1.807) is 18.2 Å². The van der Waals surface area contributed by atoms with Gasteiger partial charge in [-0.05, 0) is 41.5 Å². The largest absolute Gasteiger partial charge is 0.478 e. The molecule has 0 unspecified atom stereocenters. The van der Waals surface area contributed by atoms with Crippen molar-refractivity contribution < 1.29 is 18.7 Å². The van der Waals surface area contributed by atoms with Gasteiger partial charge in [-0.25, -0.2) is 14.0 Å². The first-order valence-corrected chi connectivity index (χ1v) is 6.12. The molecule has 21 heavy (non-hydrogen) atoms. The summed E-state index contributed by atoms with van der Waals surface area (Å²) in [6, 6.07) is 11.3. The summed E-state index contributed by atoms with van der Waals surface area (Å²) in [6.07, 6.45) is 0. The SMILES string of the molecule is O=C(O)c1ccc2c(-c3ccc(F)cc3)cc(=O)oc2c1. The maximum absolute atomic E-state index is 13.0. The number of aromatic carboxylic acids is 1. The van der Waals surface area contributed by atoms with Gasteiger partial charge in [-0.2, -0.15) is 0 Å². The highest BCUT2D eigenvalue weighted by atomic mass is 19.1. The van der Waals surface area contributed by atoms with Crippen molar-refractivity contribution in [2.24, 2.45) is 0 Å². The summed E-state index contributed by atoms with van der Waals surface area (Å²) >= 11 is 0. The van der Waals surface area contributed by atoms with Gasteiger partial charge in [-0.1, -0.05) is 12.1 Å².